The molecule has 3 rings (SSSR count). The maximum atomic E-state index is 6.09. The molecule has 2 aliphatic rings. The fourth-order valence-electron chi connectivity index (χ4n) is 3.44. The van der Waals surface area contributed by atoms with E-state index in [0.29, 0.717) is 0 Å². The van der Waals surface area contributed by atoms with Crippen LogP contribution in [0.1, 0.15) is 30.9 Å². The molecule has 0 saturated heterocycles. The average molecular weight is 244 g/mol. The number of hydrogen-bond acceptors (Lipinski definition) is 2. The van der Waals surface area contributed by atoms with E-state index in [1.165, 1.54) is 49.9 Å². The summed E-state index contributed by atoms with van der Waals surface area (Å²) in [5, 5.41) is 0. The van der Waals surface area contributed by atoms with E-state index >= 15 is 0 Å². The fraction of sp³-hybridized carbons (Fsp3) is 0.625. The van der Waals surface area contributed by atoms with Gasteiger partial charge in [0.15, 0.2) is 0 Å². The number of rotatable bonds is 3. The highest BCUT2D eigenvalue weighted by Crippen LogP contribution is 2.43. The molecule has 98 valence electrons. The van der Waals surface area contributed by atoms with Crippen LogP contribution in [0, 0.1) is 5.92 Å². The van der Waals surface area contributed by atoms with Gasteiger partial charge in [0.25, 0.3) is 0 Å². The molecule has 1 saturated carbocycles. The van der Waals surface area contributed by atoms with Crippen LogP contribution in [0.3, 0.4) is 0 Å². The molecule has 1 aromatic rings. The first-order valence-electron chi connectivity index (χ1n) is 7.26. The summed E-state index contributed by atoms with van der Waals surface area (Å²) in [6, 6.07) is 8.90. The first-order chi connectivity index (χ1) is 8.74. The van der Waals surface area contributed by atoms with Crippen LogP contribution in [-0.4, -0.2) is 30.1 Å². The second-order valence-corrected chi connectivity index (χ2v) is 6.09. The Morgan fingerprint density at radius 2 is 1.72 bits per heavy atom. The van der Waals surface area contributed by atoms with Crippen molar-refractivity contribution >= 4 is 0 Å². The van der Waals surface area contributed by atoms with Gasteiger partial charge < -0.3 is 5.73 Å². The first kappa shape index (κ1) is 12.2. The minimum absolute atomic E-state index is 0.238. The largest absolute Gasteiger partial charge is 0.329 e. The monoisotopic (exact) mass is 244 g/mol. The molecular formula is C16H24N2. The average Bonchev–Trinajstić information content (AvgIpc) is 3.24. The van der Waals surface area contributed by atoms with Crippen molar-refractivity contribution in [3.05, 3.63) is 35.4 Å². The van der Waals surface area contributed by atoms with Gasteiger partial charge >= 0.3 is 0 Å². The van der Waals surface area contributed by atoms with Gasteiger partial charge in [0.1, 0.15) is 0 Å². The maximum Gasteiger partial charge on any atom is 0.0331 e. The van der Waals surface area contributed by atoms with E-state index in [1.807, 2.05) is 0 Å². The standard InChI is InChI=1S/C16H24N2/c1-16(12-17,15-6-7-15)18-10-8-13-4-2-3-5-14(13)9-11-18/h2-5,15H,6-12,17H2,1H3. The molecule has 0 aromatic heterocycles. The van der Waals surface area contributed by atoms with Crippen molar-refractivity contribution in [1.29, 1.82) is 0 Å². The fourth-order valence-corrected chi connectivity index (χ4v) is 3.44. The van der Waals surface area contributed by atoms with Crippen LogP contribution in [0.4, 0.5) is 0 Å². The second-order valence-electron chi connectivity index (χ2n) is 6.09. The van der Waals surface area contributed by atoms with Crippen LogP contribution in [-0.2, 0) is 12.8 Å². The Bertz CT molecular complexity index is 398. The lowest BCUT2D eigenvalue weighted by Crippen LogP contribution is -2.54. The molecule has 1 aliphatic carbocycles. The quantitative estimate of drug-likeness (QED) is 0.883. The molecule has 0 bridgehead atoms. The third-order valence-electron chi connectivity index (χ3n) is 5.01. The predicted octanol–water partition coefficient (Wildman–Crippen LogP) is 2.21. The SMILES string of the molecule is CC(CN)(C1CC1)N1CCc2ccccc2CC1. The molecule has 0 radical (unpaired) electrons. The summed E-state index contributed by atoms with van der Waals surface area (Å²) in [5.74, 6) is 0.837. The summed E-state index contributed by atoms with van der Waals surface area (Å²) in [4.78, 5) is 2.66. The van der Waals surface area contributed by atoms with Crippen LogP contribution in [0.2, 0.25) is 0 Å². The summed E-state index contributed by atoms with van der Waals surface area (Å²) in [6.07, 6.45) is 5.10. The lowest BCUT2D eigenvalue weighted by molar-refractivity contribution is 0.0942. The maximum absolute atomic E-state index is 6.09. The van der Waals surface area contributed by atoms with Gasteiger partial charge in [0.05, 0.1) is 0 Å². The predicted molar refractivity (Wildman–Crippen MR) is 75.6 cm³/mol. The van der Waals surface area contributed by atoms with Crippen molar-refractivity contribution in [2.24, 2.45) is 11.7 Å². The Morgan fingerprint density at radius 3 is 2.17 bits per heavy atom. The van der Waals surface area contributed by atoms with Gasteiger partial charge in [-0.2, -0.15) is 0 Å². The van der Waals surface area contributed by atoms with E-state index in [-0.39, 0.29) is 5.54 Å². The molecule has 0 amide bonds. The van der Waals surface area contributed by atoms with Crippen LogP contribution >= 0.6 is 0 Å². The van der Waals surface area contributed by atoms with Gasteiger partial charge in [0.2, 0.25) is 0 Å². The van der Waals surface area contributed by atoms with Gasteiger partial charge in [-0.15, -0.1) is 0 Å². The Hall–Kier alpha value is -0.860. The summed E-state index contributed by atoms with van der Waals surface area (Å²) < 4.78 is 0. The molecule has 1 unspecified atom stereocenters. The van der Waals surface area contributed by atoms with Crippen LogP contribution in [0.5, 0.6) is 0 Å². The van der Waals surface area contributed by atoms with Crippen molar-refractivity contribution < 1.29 is 0 Å². The highest BCUT2D eigenvalue weighted by molar-refractivity contribution is 5.29. The number of benzene rings is 1. The van der Waals surface area contributed by atoms with Gasteiger partial charge in [-0.05, 0) is 49.7 Å². The van der Waals surface area contributed by atoms with E-state index in [0.717, 1.165) is 12.5 Å². The van der Waals surface area contributed by atoms with E-state index in [2.05, 4.69) is 36.1 Å². The zero-order valence-corrected chi connectivity index (χ0v) is 11.4. The lowest BCUT2D eigenvalue weighted by Gasteiger charge is -2.40. The van der Waals surface area contributed by atoms with Crippen molar-refractivity contribution in [3.63, 3.8) is 0 Å². The van der Waals surface area contributed by atoms with Crippen molar-refractivity contribution in [3.8, 4) is 0 Å². The minimum atomic E-state index is 0.238. The van der Waals surface area contributed by atoms with Gasteiger partial charge in [-0.25, -0.2) is 0 Å². The van der Waals surface area contributed by atoms with Crippen molar-refractivity contribution in [2.75, 3.05) is 19.6 Å². The molecule has 0 spiro atoms. The number of nitrogens with two attached hydrogens (primary N) is 1. The molecule has 2 nitrogen and oxygen atoms in total. The smallest absolute Gasteiger partial charge is 0.0331 e. The highest BCUT2D eigenvalue weighted by atomic mass is 15.2. The van der Waals surface area contributed by atoms with Gasteiger partial charge in [0, 0.05) is 25.2 Å². The molecule has 1 fully saturated rings. The molecule has 18 heavy (non-hydrogen) atoms. The highest BCUT2D eigenvalue weighted by Gasteiger charge is 2.44. The zero-order valence-electron chi connectivity index (χ0n) is 11.4. The molecule has 2 heteroatoms. The molecule has 1 aliphatic heterocycles. The summed E-state index contributed by atoms with van der Waals surface area (Å²) in [7, 11) is 0. The van der Waals surface area contributed by atoms with Gasteiger partial charge in [-0.1, -0.05) is 24.3 Å². The van der Waals surface area contributed by atoms with Crippen LogP contribution in [0.15, 0.2) is 24.3 Å². The molecule has 1 atom stereocenters. The van der Waals surface area contributed by atoms with Crippen molar-refractivity contribution in [2.45, 2.75) is 38.1 Å². The third-order valence-corrected chi connectivity index (χ3v) is 5.01. The van der Waals surface area contributed by atoms with Gasteiger partial charge in [-0.3, -0.25) is 4.90 Å². The summed E-state index contributed by atoms with van der Waals surface area (Å²) >= 11 is 0. The lowest BCUT2D eigenvalue weighted by atomic mass is 9.93. The van der Waals surface area contributed by atoms with E-state index < -0.39 is 0 Å². The molecule has 2 N–H and O–H groups in total. The number of fused-ring (bicyclic) bond motifs is 1. The third kappa shape index (κ3) is 2.08. The molecule has 1 aromatic carbocycles. The first-order valence-corrected chi connectivity index (χ1v) is 7.26. The summed E-state index contributed by atoms with van der Waals surface area (Å²) in [6.45, 7) is 5.51. The van der Waals surface area contributed by atoms with E-state index in [1.54, 1.807) is 0 Å². The van der Waals surface area contributed by atoms with Crippen molar-refractivity contribution in [1.82, 2.24) is 4.90 Å². The van der Waals surface area contributed by atoms with Crippen LogP contribution in [0.25, 0.3) is 0 Å². The topological polar surface area (TPSA) is 29.3 Å². The number of hydrogen-bond donors (Lipinski definition) is 1. The second kappa shape index (κ2) is 4.67. The Labute approximate surface area is 110 Å². The van der Waals surface area contributed by atoms with E-state index in [4.69, 9.17) is 5.73 Å². The summed E-state index contributed by atoms with van der Waals surface area (Å²) in [5.41, 5.74) is 9.41. The minimum Gasteiger partial charge on any atom is -0.329 e. The Morgan fingerprint density at radius 1 is 1.17 bits per heavy atom. The van der Waals surface area contributed by atoms with Crippen LogP contribution < -0.4 is 5.73 Å². The molecular weight excluding hydrogens is 220 g/mol. The Balaban J connectivity index is 1.78. The number of nitrogens with zero attached hydrogens (tertiary/aromatic N) is 1. The normalized spacial score (nSPS) is 24.1. The zero-order chi connectivity index (χ0) is 12.6. The molecule has 1 heterocycles. The van der Waals surface area contributed by atoms with E-state index in [9.17, 15) is 0 Å². The Kier molecular flexibility index (Phi) is 3.16.